The fourth-order valence-electron chi connectivity index (χ4n) is 3.31. The van der Waals surface area contributed by atoms with Gasteiger partial charge < -0.3 is 0 Å². The Bertz CT molecular complexity index is 305. The summed E-state index contributed by atoms with van der Waals surface area (Å²) >= 11 is 0. The molecule has 0 saturated heterocycles. The first-order valence-electron chi connectivity index (χ1n) is 5.42. The maximum atomic E-state index is 8.54. The molecule has 0 heterocycles. The maximum absolute atomic E-state index is 8.54. The zero-order chi connectivity index (χ0) is 10.7. The first-order valence-corrected chi connectivity index (χ1v) is 5.42. The molecule has 0 amide bonds. The van der Waals surface area contributed by atoms with Crippen molar-refractivity contribution in [2.24, 2.45) is 15.6 Å². The lowest BCUT2D eigenvalue weighted by Crippen LogP contribution is -2.34. The Kier molecular flexibility index (Phi) is 2.71. The molecule has 0 aromatic rings. The number of hydrogen-bond donors (Lipinski definition) is 0. The molecule has 2 aliphatic carbocycles. The molecular formula is C9H14N6. The van der Waals surface area contributed by atoms with Crippen LogP contribution in [0.1, 0.15) is 38.5 Å². The molecular weight excluding hydrogens is 192 g/mol. The average molecular weight is 206 g/mol. The van der Waals surface area contributed by atoms with Gasteiger partial charge in [-0.25, -0.2) is 0 Å². The number of azide groups is 2. The molecule has 0 radical (unpaired) electrons. The van der Waals surface area contributed by atoms with Crippen LogP contribution in [-0.2, 0) is 0 Å². The van der Waals surface area contributed by atoms with Gasteiger partial charge in [0.2, 0.25) is 0 Å². The fraction of sp³-hybridized carbons (Fsp3) is 1.00. The van der Waals surface area contributed by atoms with Crippen molar-refractivity contribution in [3.8, 4) is 0 Å². The third kappa shape index (κ3) is 1.52. The van der Waals surface area contributed by atoms with Crippen LogP contribution in [0.5, 0.6) is 0 Å². The Labute approximate surface area is 87.9 Å². The second-order valence-electron chi connectivity index (χ2n) is 4.46. The van der Waals surface area contributed by atoms with Crippen LogP contribution in [0.3, 0.4) is 0 Å². The first kappa shape index (κ1) is 10.1. The highest BCUT2D eigenvalue weighted by atomic mass is 15.2. The van der Waals surface area contributed by atoms with Crippen LogP contribution in [0.2, 0.25) is 0 Å². The van der Waals surface area contributed by atoms with E-state index in [-0.39, 0.29) is 17.5 Å². The predicted octanol–water partition coefficient (Wildman–Crippen LogP) is 3.70. The van der Waals surface area contributed by atoms with E-state index in [1.54, 1.807) is 0 Å². The van der Waals surface area contributed by atoms with E-state index in [0.717, 1.165) is 38.5 Å². The zero-order valence-corrected chi connectivity index (χ0v) is 8.58. The van der Waals surface area contributed by atoms with E-state index in [9.17, 15) is 0 Å². The van der Waals surface area contributed by atoms with Gasteiger partial charge in [-0.05, 0) is 42.2 Å². The molecule has 0 aromatic carbocycles. The van der Waals surface area contributed by atoms with E-state index in [2.05, 4.69) is 20.1 Å². The van der Waals surface area contributed by atoms with Gasteiger partial charge in [-0.15, -0.1) is 0 Å². The van der Waals surface area contributed by atoms with Gasteiger partial charge in [-0.1, -0.05) is 23.1 Å². The minimum absolute atomic E-state index is 0.0154. The Balaban J connectivity index is 2.29. The highest BCUT2D eigenvalue weighted by molar-refractivity contribution is 5.07. The van der Waals surface area contributed by atoms with Gasteiger partial charge >= 0.3 is 0 Å². The number of rotatable bonds is 2. The largest absolute Gasteiger partial charge is 0.0900 e. The molecule has 0 unspecified atom stereocenters. The van der Waals surface area contributed by atoms with Crippen molar-refractivity contribution in [1.82, 2.24) is 0 Å². The molecule has 15 heavy (non-hydrogen) atoms. The molecule has 1 spiro atoms. The SMILES string of the molecule is [N-]=[N+]=N[C@H]1CCC[C@]12CCC[C@H]2N=[N+]=[N-]. The lowest BCUT2D eigenvalue weighted by Gasteiger charge is -2.32. The molecule has 80 valence electrons. The molecule has 0 N–H and O–H groups in total. The van der Waals surface area contributed by atoms with Crippen LogP contribution in [0, 0.1) is 5.41 Å². The Morgan fingerprint density at radius 2 is 1.40 bits per heavy atom. The first-order chi connectivity index (χ1) is 7.33. The van der Waals surface area contributed by atoms with E-state index in [1.165, 1.54) is 0 Å². The monoisotopic (exact) mass is 206 g/mol. The second kappa shape index (κ2) is 4.01. The van der Waals surface area contributed by atoms with Crippen molar-refractivity contribution in [2.45, 2.75) is 50.6 Å². The summed E-state index contributed by atoms with van der Waals surface area (Å²) in [4.78, 5) is 5.84. The summed E-state index contributed by atoms with van der Waals surface area (Å²) in [5.74, 6) is 0. The molecule has 2 saturated carbocycles. The standard InChI is InChI=1S/C9H14N6/c10-14-12-7-3-1-5-9(7)6-2-4-8(9)13-15-11/h7-8H,1-6H2/t7-,8+,9-/m0/s1. The van der Waals surface area contributed by atoms with E-state index < -0.39 is 0 Å². The number of nitrogens with zero attached hydrogens (tertiary/aromatic N) is 6. The van der Waals surface area contributed by atoms with E-state index in [1.807, 2.05) is 0 Å². The van der Waals surface area contributed by atoms with Crippen molar-refractivity contribution in [1.29, 1.82) is 0 Å². The van der Waals surface area contributed by atoms with Crippen molar-refractivity contribution >= 4 is 0 Å². The van der Waals surface area contributed by atoms with Gasteiger partial charge in [-0.3, -0.25) is 0 Å². The highest BCUT2D eigenvalue weighted by Crippen LogP contribution is 2.53. The number of hydrogen-bond acceptors (Lipinski definition) is 2. The molecule has 2 fully saturated rings. The predicted molar refractivity (Wildman–Crippen MR) is 56.0 cm³/mol. The van der Waals surface area contributed by atoms with Crippen molar-refractivity contribution < 1.29 is 0 Å². The normalized spacial score (nSPS) is 38.7. The van der Waals surface area contributed by atoms with Crippen LogP contribution in [-0.4, -0.2) is 12.1 Å². The maximum Gasteiger partial charge on any atom is 0.0434 e. The third-order valence-electron chi connectivity index (χ3n) is 3.95. The highest BCUT2D eigenvalue weighted by Gasteiger charge is 2.50. The molecule has 6 nitrogen and oxygen atoms in total. The molecule has 0 bridgehead atoms. The summed E-state index contributed by atoms with van der Waals surface area (Å²) in [7, 11) is 0. The van der Waals surface area contributed by atoms with Gasteiger partial charge in [0.05, 0.1) is 0 Å². The van der Waals surface area contributed by atoms with Gasteiger partial charge in [-0.2, -0.15) is 0 Å². The van der Waals surface area contributed by atoms with Crippen LogP contribution in [0.15, 0.2) is 10.2 Å². The van der Waals surface area contributed by atoms with E-state index in [4.69, 9.17) is 11.1 Å². The molecule has 2 rings (SSSR count). The van der Waals surface area contributed by atoms with Crippen LogP contribution in [0.4, 0.5) is 0 Å². The summed E-state index contributed by atoms with van der Waals surface area (Å²) in [5.41, 5.74) is 17.1. The van der Waals surface area contributed by atoms with E-state index >= 15 is 0 Å². The minimum atomic E-state index is -0.0154. The van der Waals surface area contributed by atoms with Crippen LogP contribution >= 0.6 is 0 Å². The molecule has 0 aromatic heterocycles. The summed E-state index contributed by atoms with van der Waals surface area (Å²) in [6, 6.07) is 0.0843. The van der Waals surface area contributed by atoms with Crippen LogP contribution < -0.4 is 0 Å². The lowest BCUT2D eigenvalue weighted by atomic mass is 9.78. The average Bonchev–Trinajstić information content (AvgIpc) is 2.79. The summed E-state index contributed by atoms with van der Waals surface area (Å²) in [5, 5.41) is 7.78. The Morgan fingerprint density at radius 1 is 0.933 bits per heavy atom. The van der Waals surface area contributed by atoms with Gasteiger partial charge in [0.1, 0.15) is 0 Å². The van der Waals surface area contributed by atoms with E-state index in [0.29, 0.717) is 0 Å². The van der Waals surface area contributed by atoms with Gasteiger partial charge in [0.15, 0.2) is 0 Å². The third-order valence-corrected chi connectivity index (χ3v) is 3.95. The van der Waals surface area contributed by atoms with Crippen molar-refractivity contribution in [3.63, 3.8) is 0 Å². The Hall–Kier alpha value is -1.38. The summed E-state index contributed by atoms with van der Waals surface area (Å²) in [6.07, 6.45) is 6.14. The lowest BCUT2D eigenvalue weighted by molar-refractivity contribution is 0.234. The quantitative estimate of drug-likeness (QED) is 0.374. The van der Waals surface area contributed by atoms with Gasteiger partial charge in [0.25, 0.3) is 0 Å². The van der Waals surface area contributed by atoms with Crippen molar-refractivity contribution in [2.75, 3.05) is 0 Å². The van der Waals surface area contributed by atoms with Crippen molar-refractivity contribution in [3.05, 3.63) is 20.9 Å². The second-order valence-corrected chi connectivity index (χ2v) is 4.46. The molecule has 3 atom stereocenters. The zero-order valence-electron chi connectivity index (χ0n) is 8.58. The minimum Gasteiger partial charge on any atom is -0.0900 e. The topological polar surface area (TPSA) is 97.5 Å². The molecule has 0 aliphatic heterocycles. The molecule has 6 heteroatoms. The summed E-state index contributed by atoms with van der Waals surface area (Å²) < 4.78 is 0. The smallest absolute Gasteiger partial charge is 0.0434 e. The Morgan fingerprint density at radius 3 is 1.80 bits per heavy atom. The fourth-order valence-corrected chi connectivity index (χ4v) is 3.31. The summed E-state index contributed by atoms with van der Waals surface area (Å²) in [6.45, 7) is 0. The van der Waals surface area contributed by atoms with Crippen LogP contribution in [0.25, 0.3) is 20.9 Å². The molecule has 2 aliphatic rings. The van der Waals surface area contributed by atoms with Gasteiger partial charge in [0, 0.05) is 21.9 Å².